The zero-order valence-corrected chi connectivity index (χ0v) is 13.3. The molecule has 0 spiro atoms. The molecule has 0 bridgehead atoms. The van der Waals surface area contributed by atoms with Crippen molar-refractivity contribution in [3.05, 3.63) is 70.0 Å². The van der Waals surface area contributed by atoms with Crippen LogP contribution in [0.2, 0.25) is 0 Å². The van der Waals surface area contributed by atoms with Crippen molar-refractivity contribution in [3.8, 4) is 0 Å². The molecule has 1 aliphatic carbocycles. The van der Waals surface area contributed by atoms with E-state index >= 15 is 0 Å². The van der Waals surface area contributed by atoms with Crippen LogP contribution < -0.4 is 0 Å². The van der Waals surface area contributed by atoms with Crippen molar-refractivity contribution in [3.63, 3.8) is 0 Å². The standard InChI is InChI=1S/C20H21F3/c1-2-3-4-13-5-7-14(8-6-13)15-9-10-17-16(11-15)12-18(21)20(23)19(17)22/h5-8,12,15H,2-4,9-11H2,1H3. The Bertz CT molecular complexity index is 689. The summed E-state index contributed by atoms with van der Waals surface area (Å²) in [5.41, 5.74) is 3.47. The Labute approximate surface area is 135 Å². The number of unbranched alkanes of at least 4 members (excludes halogenated alkanes) is 1. The first-order chi connectivity index (χ1) is 11.1. The minimum Gasteiger partial charge on any atom is -0.204 e. The normalized spacial score (nSPS) is 17.1. The fraction of sp³-hybridized carbons (Fsp3) is 0.400. The molecule has 2 aromatic carbocycles. The lowest BCUT2D eigenvalue weighted by Gasteiger charge is -2.25. The van der Waals surface area contributed by atoms with Gasteiger partial charge in [0.1, 0.15) is 0 Å². The molecule has 0 radical (unpaired) electrons. The molecule has 0 heterocycles. The molecule has 0 aromatic heterocycles. The number of hydrogen-bond donors (Lipinski definition) is 0. The summed E-state index contributed by atoms with van der Waals surface area (Å²) < 4.78 is 40.6. The third-order valence-electron chi connectivity index (χ3n) is 4.84. The topological polar surface area (TPSA) is 0 Å². The minimum absolute atomic E-state index is 0.243. The monoisotopic (exact) mass is 318 g/mol. The van der Waals surface area contributed by atoms with Gasteiger partial charge in [0.15, 0.2) is 17.5 Å². The Morgan fingerprint density at radius 1 is 1.04 bits per heavy atom. The summed E-state index contributed by atoms with van der Waals surface area (Å²) in [4.78, 5) is 0. The van der Waals surface area contributed by atoms with Crippen LogP contribution in [0.3, 0.4) is 0 Å². The number of hydrogen-bond acceptors (Lipinski definition) is 0. The van der Waals surface area contributed by atoms with E-state index in [0.29, 0.717) is 24.0 Å². The van der Waals surface area contributed by atoms with Crippen LogP contribution in [0.1, 0.15) is 54.4 Å². The number of benzene rings is 2. The molecule has 23 heavy (non-hydrogen) atoms. The number of rotatable bonds is 4. The second kappa shape index (κ2) is 6.77. The van der Waals surface area contributed by atoms with Crippen molar-refractivity contribution in [1.82, 2.24) is 0 Å². The van der Waals surface area contributed by atoms with E-state index in [2.05, 4.69) is 31.2 Å². The van der Waals surface area contributed by atoms with E-state index in [4.69, 9.17) is 0 Å². The summed E-state index contributed by atoms with van der Waals surface area (Å²) >= 11 is 0. The quantitative estimate of drug-likeness (QED) is 0.633. The van der Waals surface area contributed by atoms with Crippen molar-refractivity contribution in [2.45, 2.75) is 51.4 Å². The second-order valence-corrected chi connectivity index (χ2v) is 6.41. The Morgan fingerprint density at radius 3 is 2.48 bits per heavy atom. The molecular formula is C20H21F3. The van der Waals surface area contributed by atoms with Crippen LogP contribution >= 0.6 is 0 Å². The molecule has 0 fully saturated rings. The van der Waals surface area contributed by atoms with Crippen molar-refractivity contribution in [1.29, 1.82) is 0 Å². The maximum Gasteiger partial charge on any atom is 0.194 e. The largest absolute Gasteiger partial charge is 0.204 e. The Hall–Kier alpha value is -1.77. The molecule has 0 saturated carbocycles. The van der Waals surface area contributed by atoms with Crippen molar-refractivity contribution < 1.29 is 13.2 Å². The van der Waals surface area contributed by atoms with Gasteiger partial charge in [-0.15, -0.1) is 0 Å². The van der Waals surface area contributed by atoms with Gasteiger partial charge in [0, 0.05) is 0 Å². The summed E-state index contributed by atoms with van der Waals surface area (Å²) in [7, 11) is 0. The Morgan fingerprint density at radius 2 is 1.78 bits per heavy atom. The lowest BCUT2D eigenvalue weighted by atomic mass is 9.79. The van der Waals surface area contributed by atoms with Crippen molar-refractivity contribution >= 4 is 0 Å². The van der Waals surface area contributed by atoms with Gasteiger partial charge in [-0.2, -0.15) is 0 Å². The van der Waals surface area contributed by atoms with Gasteiger partial charge in [0.2, 0.25) is 0 Å². The zero-order valence-electron chi connectivity index (χ0n) is 13.3. The lowest BCUT2D eigenvalue weighted by Crippen LogP contribution is -2.16. The van der Waals surface area contributed by atoms with Gasteiger partial charge in [0.05, 0.1) is 0 Å². The SMILES string of the molecule is CCCCc1ccc(C2CCc3c(cc(F)c(F)c3F)C2)cc1. The van der Waals surface area contributed by atoms with Gasteiger partial charge in [-0.1, -0.05) is 37.6 Å². The number of halogens is 3. The van der Waals surface area contributed by atoms with Crippen LogP contribution in [-0.2, 0) is 19.3 Å². The van der Waals surface area contributed by atoms with Crippen LogP contribution in [0.15, 0.2) is 30.3 Å². The molecule has 0 aliphatic heterocycles. The van der Waals surface area contributed by atoms with E-state index in [1.54, 1.807) is 0 Å². The third kappa shape index (κ3) is 3.29. The molecule has 1 unspecified atom stereocenters. The molecular weight excluding hydrogens is 297 g/mol. The highest BCUT2D eigenvalue weighted by molar-refractivity contribution is 5.36. The summed E-state index contributed by atoms with van der Waals surface area (Å²) in [6.07, 6.45) is 5.23. The van der Waals surface area contributed by atoms with Crippen molar-refractivity contribution in [2.75, 3.05) is 0 Å². The van der Waals surface area contributed by atoms with Crippen molar-refractivity contribution in [2.24, 2.45) is 0 Å². The number of fused-ring (bicyclic) bond motifs is 1. The van der Waals surface area contributed by atoms with E-state index in [1.807, 2.05) is 0 Å². The first kappa shape index (κ1) is 16.1. The summed E-state index contributed by atoms with van der Waals surface area (Å²) in [5.74, 6) is -3.19. The van der Waals surface area contributed by atoms with E-state index in [-0.39, 0.29) is 5.92 Å². The van der Waals surface area contributed by atoms with E-state index < -0.39 is 17.5 Å². The van der Waals surface area contributed by atoms with Crippen LogP contribution in [0.4, 0.5) is 13.2 Å². The molecule has 2 aromatic rings. The molecule has 0 nitrogen and oxygen atoms in total. The Balaban J connectivity index is 1.79. The van der Waals surface area contributed by atoms with Gasteiger partial charge in [-0.05, 0) is 66.3 Å². The van der Waals surface area contributed by atoms with Crippen LogP contribution in [-0.4, -0.2) is 0 Å². The molecule has 122 valence electrons. The van der Waals surface area contributed by atoms with Crippen LogP contribution in [0.5, 0.6) is 0 Å². The fourth-order valence-electron chi connectivity index (χ4n) is 3.44. The Kier molecular flexibility index (Phi) is 4.74. The molecule has 0 N–H and O–H groups in total. The van der Waals surface area contributed by atoms with Gasteiger partial charge < -0.3 is 0 Å². The highest BCUT2D eigenvalue weighted by Crippen LogP contribution is 2.35. The second-order valence-electron chi connectivity index (χ2n) is 6.41. The highest BCUT2D eigenvalue weighted by atomic mass is 19.2. The average Bonchev–Trinajstić information content (AvgIpc) is 2.58. The lowest BCUT2D eigenvalue weighted by molar-refractivity contribution is 0.428. The van der Waals surface area contributed by atoms with Gasteiger partial charge in [-0.3, -0.25) is 0 Å². The molecule has 3 heteroatoms. The first-order valence-electron chi connectivity index (χ1n) is 8.34. The first-order valence-corrected chi connectivity index (χ1v) is 8.34. The molecule has 3 rings (SSSR count). The summed E-state index contributed by atoms with van der Waals surface area (Å²) in [6.45, 7) is 2.18. The van der Waals surface area contributed by atoms with Crippen LogP contribution in [0.25, 0.3) is 0 Å². The van der Waals surface area contributed by atoms with Gasteiger partial charge >= 0.3 is 0 Å². The number of aryl methyl sites for hydroxylation is 1. The smallest absolute Gasteiger partial charge is 0.194 e. The molecule has 1 aliphatic rings. The van der Waals surface area contributed by atoms with Gasteiger partial charge in [-0.25, -0.2) is 13.2 Å². The molecule has 0 saturated heterocycles. The predicted molar refractivity (Wildman–Crippen MR) is 86.1 cm³/mol. The molecule has 0 amide bonds. The average molecular weight is 318 g/mol. The maximum atomic E-state index is 13.8. The van der Waals surface area contributed by atoms with E-state index in [1.165, 1.54) is 24.0 Å². The fourth-order valence-corrected chi connectivity index (χ4v) is 3.44. The van der Waals surface area contributed by atoms with E-state index in [0.717, 1.165) is 18.9 Å². The summed E-state index contributed by atoms with van der Waals surface area (Å²) in [5, 5.41) is 0. The van der Waals surface area contributed by atoms with E-state index in [9.17, 15) is 13.2 Å². The third-order valence-corrected chi connectivity index (χ3v) is 4.84. The molecule has 1 atom stereocenters. The zero-order chi connectivity index (χ0) is 16.4. The maximum absolute atomic E-state index is 13.8. The van der Waals surface area contributed by atoms with Crippen LogP contribution in [0, 0.1) is 17.5 Å². The summed E-state index contributed by atoms with van der Waals surface area (Å²) in [6, 6.07) is 9.70. The van der Waals surface area contributed by atoms with Gasteiger partial charge in [0.25, 0.3) is 0 Å². The highest BCUT2D eigenvalue weighted by Gasteiger charge is 2.26. The minimum atomic E-state index is -1.34. The predicted octanol–water partition coefficient (Wildman–Crippen LogP) is 5.72.